The molecule has 1 saturated heterocycles. The number of benzene rings is 2. The zero-order valence-electron chi connectivity index (χ0n) is 18.4. The van der Waals surface area contributed by atoms with Gasteiger partial charge in [-0.2, -0.15) is 0 Å². The summed E-state index contributed by atoms with van der Waals surface area (Å²) in [6.45, 7) is 2.52. The number of imide groups is 1. The minimum Gasteiger partial charge on any atom is -0.497 e. The highest BCUT2D eigenvalue weighted by molar-refractivity contribution is 7.91. The number of nitrogens with zero attached hydrogens (tertiary/aromatic N) is 2. The molecule has 1 aliphatic heterocycles. The minimum absolute atomic E-state index is 0.0263. The number of rotatable bonds is 9. The van der Waals surface area contributed by atoms with Gasteiger partial charge in [0.2, 0.25) is 6.41 Å². The zero-order chi connectivity index (χ0) is 24.4. The Bertz CT molecular complexity index is 1150. The van der Waals surface area contributed by atoms with Crippen molar-refractivity contribution < 1.29 is 32.7 Å². The Balaban J connectivity index is 1.80. The predicted octanol–water partition coefficient (Wildman–Crippen LogP) is 1.68. The molecule has 2 aromatic rings. The fourth-order valence-electron chi connectivity index (χ4n) is 3.48. The Kier molecular flexibility index (Phi) is 6.75. The topological polar surface area (TPSA) is 133 Å². The van der Waals surface area contributed by atoms with Crippen molar-refractivity contribution >= 4 is 28.2 Å². The van der Waals surface area contributed by atoms with E-state index >= 15 is 0 Å². The van der Waals surface area contributed by atoms with E-state index in [1.54, 1.807) is 31.4 Å². The van der Waals surface area contributed by atoms with Crippen LogP contribution in [0.2, 0.25) is 0 Å². The average molecular weight is 476 g/mol. The highest BCUT2D eigenvalue weighted by Crippen LogP contribution is 2.25. The maximum absolute atomic E-state index is 13.0. The van der Waals surface area contributed by atoms with Crippen LogP contribution in [0.25, 0.3) is 11.1 Å². The molecule has 3 rings (SSSR count). The van der Waals surface area contributed by atoms with E-state index in [0.717, 1.165) is 16.0 Å². The molecular formula is C22H25N3O7S. The summed E-state index contributed by atoms with van der Waals surface area (Å²) in [6, 6.07) is 11.3. The van der Waals surface area contributed by atoms with Crippen molar-refractivity contribution in [1.29, 1.82) is 0 Å². The fraction of sp³-hybridized carbons (Fsp3) is 0.318. The first-order valence-corrected chi connectivity index (χ1v) is 11.7. The smallest absolute Gasteiger partial charge is 0.325 e. The van der Waals surface area contributed by atoms with Gasteiger partial charge < -0.3 is 10.1 Å². The lowest BCUT2D eigenvalue weighted by molar-refractivity contribution is -0.160. The van der Waals surface area contributed by atoms with E-state index in [9.17, 15) is 28.0 Å². The van der Waals surface area contributed by atoms with Crippen LogP contribution in [0.15, 0.2) is 53.4 Å². The second kappa shape index (κ2) is 9.20. The van der Waals surface area contributed by atoms with E-state index in [4.69, 9.17) is 4.74 Å². The maximum atomic E-state index is 13.0. The Labute approximate surface area is 191 Å². The van der Waals surface area contributed by atoms with Gasteiger partial charge in [-0.15, -0.1) is 0 Å². The van der Waals surface area contributed by atoms with Crippen molar-refractivity contribution in [3.05, 3.63) is 48.5 Å². The molecule has 0 aromatic heterocycles. The lowest BCUT2D eigenvalue weighted by atomic mass is 10.1. The minimum atomic E-state index is -3.98. The highest BCUT2D eigenvalue weighted by Gasteiger charge is 2.45. The van der Waals surface area contributed by atoms with E-state index in [1.807, 2.05) is 12.1 Å². The molecule has 2 N–H and O–H groups in total. The number of hydrogen-bond donors (Lipinski definition) is 2. The van der Waals surface area contributed by atoms with Crippen LogP contribution in [0.4, 0.5) is 4.79 Å². The molecule has 4 amide bonds. The Morgan fingerprint density at radius 1 is 1.09 bits per heavy atom. The van der Waals surface area contributed by atoms with Gasteiger partial charge in [0.1, 0.15) is 11.3 Å². The molecule has 0 bridgehead atoms. The lowest BCUT2D eigenvalue weighted by Crippen LogP contribution is -2.48. The van der Waals surface area contributed by atoms with Crippen LogP contribution < -0.4 is 10.1 Å². The van der Waals surface area contributed by atoms with Gasteiger partial charge >= 0.3 is 6.03 Å². The van der Waals surface area contributed by atoms with Gasteiger partial charge in [0.15, 0.2) is 9.84 Å². The van der Waals surface area contributed by atoms with Crippen molar-refractivity contribution in [3.63, 3.8) is 0 Å². The second-order valence-electron chi connectivity index (χ2n) is 8.14. The summed E-state index contributed by atoms with van der Waals surface area (Å²) in [7, 11) is -2.42. The SMILES string of the molecule is COc1ccc(-c2ccc(S(=O)(=O)CC(CN3C(=O)NC(C)(C)C3=O)N(O)C=O)cc2)cc1. The highest BCUT2D eigenvalue weighted by atomic mass is 32.2. The monoisotopic (exact) mass is 475 g/mol. The molecule has 33 heavy (non-hydrogen) atoms. The number of methoxy groups -OCH3 is 1. The van der Waals surface area contributed by atoms with Crippen molar-refractivity contribution in [2.24, 2.45) is 0 Å². The number of hydroxylamine groups is 2. The Hall–Kier alpha value is -3.44. The summed E-state index contributed by atoms with van der Waals surface area (Å²) < 4.78 is 31.1. The molecule has 1 atom stereocenters. The van der Waals surface area contributed by atoms with Crippen LogP contribution in [-0.2, 0) is 19.4 Å². The first-order chi connectivity index (χ1) is 15.5. The number of carbonyl (C=O) groups is 3. The number of urea groups is 1. The summed E-state index contributed by atoms with van der Waals surface area (Å²) in [4.78, 5) is 36.5. The summed E-state index contributed by atoms with van der Waals surface area (Å²) >= 11 is 0. The zero-order valence-corrected chi connectivity index (χ0v) is 19.2. The normalized spacial score (nSPS) is 16.3. The van der Waals surface area contributed by atoms with E-state index in [-0.39, 0.29) is 16.4 Å². The quantitative estimate of drug-likeness (QED) is 0.244. The maximum Gasteiger partial charge on any atom is 0.325 e. The van der Waals surface area contributed by atoms with Gasteiger partial charge in [-0.25, -0.2) is 18.3 Å². The molecule has 0 aliphatic carbocycles. The third kappa shape index (κ3) is 5.15. The molecular weight excluding hydrogens is 450 g/mol. The predicted molar refractivity (Wildman–Crippen MR) is 118 cm³/mol. The molecule has 0 saturated carbocycles. The summed E-state index contributed by atoms with van der Waals surface area (Å²) in [5, 5.41) is 12.6. The molecule has 2 aromatic carbocycles. The third-order valence-electron chi connectivity index (χ3n) is 5.37. The van der Waals surface area contributed by atoms with Gasteiger partial charge in [0.05, 0.1) is 30.3 Å². The molecule has 10 nitrogen and oxygen atoms in total. The van der Waals surface area contributed by atoms with Gasteiger partial charge in [0.25, 0.3) is 5.91 Å². The van der Waals surface area contributed by atoms with Crippen LogP contribution in [-0.4, -0.2) is 72.9 Å². The number of sulfone groups is 1. The van der Waals surface area contributed by atoms with Crippen LogP contribution in [0.3, 0.4) is 0 Å². The number of hydrogen-bond acceptors (Lipinski definition) is 7. The second-order valence-corrected chi connectivity index (χ2v) is 10.2. The average Bonchev–Trinajstić information content (AvgIpc) is 2.99. The Morgan fingerprint density at radius 2 is 1.64 bits per heavy atom. The Morgan fingerprint density at radius 3 is 2.09 bits per heavy atom. The van der Waals surface area contributed by atoms with Gasteiger partial charge in [-0.05, 0) is 49.2 Å². The third-order valence-corrected chi connectivity index (χ3v) is 7.18. The lowest BCUT2D eigenvalue weighted by Gasteiger charge is -2.26. The molecule has 0 spiro atoms. The largest absolute Gasteiger partial charge is 0.497 e. The first-order valence-electron chi connectivity index (χ1n) is 10.0. The number of nitrogens with one attached hydrogen (secondary N) is 1. The summed E-state index contributed by atoms with van der Waals surface area (Å²) in [5.41, 5.74) is 0.479. The van der Waals surface area contributed by atoms with Crippen molar-refractivity contribution in [3.8, 4) is 16.9 Å². The van der Waals surface area contributed by atoms with E-state index < -0.39 is 45.7 Å². The summed E-state index contributed by atoms with van der Waals surface area (Å²) in [5.74, 6) is -0.582. The number of carbonyl (C=O) groups excluding carboxylic acids is 3. The van der Waals surface area contributed by atoms with E-state index in [0.29, 0.717) is 5.75 Å². The molecule has 176 valence electrons. The van der Waals surface area contributed by atoms with Crippen molar-refractivity contribution in [2.75, 3.05) is 19.4 Å². The van der Waals surface area contributed by atoms with Gasteiger partial charge in [-0.1, -0.05) is 24.3 Å². The summed E-state index contributed by atoms with van der Waals surface area (Å²) in [6.07, 6.45) is 0.0383. The fourth-order valence-corrected chi connectivity index (χ4v) is 4.99. The van der Waals surface area contributed by atoms with Gasteiger partial charge in [-0.3, -0.25) is 19.7 Å². The first kappa shape index (κ1) is 24.2. The molecule has 1 heterocycles. The van der Waals surface area contributed by atoms with Crippen LogP contribution in [0.1, 0.15) is 13.8 Å². The van der Waals surface area contributed by atoms with E-state index in [2.05, 4.69) is 5.32 Å². The molecule has 1 fully saturated rings. The molecule has 11 heteroatoms. The van der Waals surface area contributed by atoms with Crippen LogP contribution in [0, 0.1) is 0 Å². The number of ether oxygens (including phenoxy) is 1. The molecule has 1 unspecified atom stereocenters. The van der Waals surface area contributed by atoms with Crippen LogP contribution in [0.5, 0.6) is 5.75 Å². The van der Waals surface area contributed by atoms with Crippen molar-refractivity contribution in [1.82, 2.24) is 15.3 Å². The van der Waals surface area contributed by atoms with Crippen LogP contribution >= 0.6 is 0 Å². The number of amides is 4. The molecule has 1 aliphatic rings. The van der Waals surface area contributed by atoms with Gasteiger partial charge in [0, 0.05) is 0 Å². The molecule has 0 radical (unpaired) electrons. The van der Waals surface area contributed by atoms with E-state index in [1.165, 1.54) is 26.0 Å². The van der Waals surface area contributed by atoms with Crippen molar-refractivity contribution in [2.45, 2.75) is 30.3 Å². The standard InChI is InChI=1S/C22H25N3O7S/c1-22(2)20(27)24(21(28)23-22)12-17(25(29)14-26)13-33(30,31)19-10-6-16(7-11-19)15-4-8-18(32-3)9-5-15/h4-11,14,17,29H,12-13H2,1-3H3,(H,23,28).